The lowest BCUT2D eigenvalue weighted by molar-refractivity contribution is -0.145. The summed E-state index contributed by atoms with van der Waals surface area (Å²) in [5, 5.41) is 9.75. The first-order chi connectivity index (χ1) is 9.06. The molecular weight excluding hydrogens is 264 g/mol. The highest BCUT2D eigenvalue weighted by Gasteiger charge is 2.22. The fourth-order valence-electron chi connectivity index (χ4n) is 1.68. The van der Waals surface area contributed by atoms with E-state index >= 15 is 0 Å². The molecular formula is C15H13ClO3. The van der Waals surface area contributed by atoms with E-state index in [2.05, 4.69) is 0 Å². The summed E-state index contributed by atoms with van der Waals surface area (Å²) in [4.78, 5) is 11.3. The second kappa shape index (κ2) is 5.76. The van der Waals surface area contributed by atoms with E-state index in [1.54, 1.807) is 36.4 Å². The number of carboxylic acids is 1. The Morgan fingerprint density at radius 3 is 2.47 bits per heavy atom. The molecule has 2 aromatic rings. The number of rotatable bonds is 4. The third kappa shape index (κ3) is 3.48. The Bertz CT molecular complexity index is 578. The van der Waals surface area contributed by atoms with E-state index in [-0.39, 0.29) is 0 Å². The number of halogens is 1. The Hall–Kier alpha value is -2.00. The zero-order valence-corrected chi connectivity index (χ0v) is 11.1. The van der Waals surface area contributed by atoms with Gasteiger partial charge in [0, 0.05) is 10.6 Å². The molecule has 2 rings (SSSR count). The van der Waals surface area contributed by atoms with E-state index in [9.17, 15) is 9.90 Å². The number of ether oxygens (including phenoxy) is 1. The van der Waals surface area contributed by atoms with Gasteiger partial charge < -0.3 is 9.84 Å². The first-order valence-electron chi connectivity index (χ1n) is 5.78. The van der Waals surface area contributed by atoms with Gasteiger partial charge in [0.25, 0.3) is 0 Å². The molecule has 98 valence electrons. The number of aryl methyl sites for hydroxylation is 1. The predicted molar refractivity (Wildman–Crippen MR) is 73.6 cm³/mol. The summed E-state index contributed by atoms with van der Waals surface area (Å²) in [6.45, 7) is 1.95. The monoisotopic (exact) mass is 276 g/mol. The molecule has 1 atom stereocenters. The summed E-state index contributed by atoms with van der Waals surface area (Å²) < 4.78 is 5.51. The average molecular weight is 277 g/mol. The van der Waals surface area contributed by atoms with Gasteiger partial charge in [0.05, 0.1) is 0 Å². The molecule has 0 heterocycles. The van der Waals surface area contributed by atoms with Crippen molar-refractivity contribution in [2.45, 2.75) is 13.0 Å². The van der Waals surface area contributed by atoms with Crippen LogP contribution < -0.4 is 4.74 Å². The first-order valence-corrected chi connectivity index (χ1v) is 6.15. The fraction of sp³-hybridized carbons (Fsp3) is 0.133. The van der Waals surface area contributed by atoms with Crippen LogP contribution in [0.25, 0.3) is 0 Å². The van der Waals surface area contributed by atoms with Crippen LogP contribution in [0.5, 0.6) is 5.75 Å². The summed E-state index contributed by atoms with van der Waals surface area (Å²) in [6, 6.07) is 13.9. The van der Waals surface area contributed by atoms with Gasteiger partial charge in [0.15, 0.2) is 0 Å². The first kappa shape index (κ1) is 13.4. The molecule has 0 fully saturated rings. The van der Waals surface area contributed by atoms with Gasteiger partial charge in [0.2, 0.25) is 6.10 Å². The largest absolute Gasteiger partial charge is 0.478 e. The highest BCUT2D eigenvalue weighted by Crippen LogP contribution is 2.24. The summed E-state index contributed by atoms with van der Waals surface area (Å²) in [5.74, 6) is -0.541. The molecule has 0 radical (unpaired) electrons. The molecule has 0 aliphatic carbocycles. The minimum Gasteiger partial charge on any atom is -0.478 e. The second-order valence-corrected chi connectivity index (χ2v) is 4.64. The molecule has 0 spiro atoms. The van der Waals surface area contributed by atoms with Crippen LogP contribution in [-0.2, 0) is 4.79 Å². The smallest absolute Gasteiger partial charge is 0.349 e. The van der Waals surface area contributed by atoms with Gasteiger partial charge in [-0.2, -0.15) is 0 Å². The van der Waals surface area contributed by atoms with Gasteiger partial charge in [-0.25, -0.2) is 4.79 Å². The Morgan fingerprint density at radius 2 is 1.89 bits per heavy atom. The fourth-order valence-corrected chi connectivity index (χ4v) is 1.88. The lowest BCUT2D eigenvalue weighted by Crippen LogP contribution is -2.18. The molecule has 0 bridgehead atoms. The Balaban J connectivity index is 2.26. The molecule has 0 aliphatic heterocycles. The lowest BCUT2D eigenvalue weighted by Gasteiger charge is -2.15. The van der Waals surface area contributed by atoms with Gasteiger partial charge in [-0.1, -0.05) is 41.4 Å². The third-order valence-electron chi connectivity index (χ3n) is 2.65. The number of aliphatic carboxylic acids is 1. The third-order valence-corrected chi connectivity index (χ3v) is 2.89. The molecule has 0 aromatic heterocycles. The summed E-state index contributed by atoms with van der Waals surface area (Å²) in [6.07, 6.45) is -1.07. The number of carboxylic acid groups (broad SMARTS) is 1. The molecule has 0 amide bonds. The molecule has 4 heteroatoms. The van der Waals surface area contributed by atoms with Crippen LogP contribution in [0, 0.1) is 6.92 Å². The molecule has 1 N–H and O–H groups in total. The van der Waals surface area contributed by atoms with Crippen molar-refractivity contribution in [3.05, 3.63) is 64.7 Å². The maximum absolute atomic E-state index is 11.3. The standard InChI is InChI=1S/C15H13ClO3/c1-10-5-7-13(8-6-10)19-14(15(17)18)11-3-2-4-12(16)9-11/h2-9,14H,1H3,(H,17,18). The van der Waals surface area contributed by atoms with E-state index in [4.69, 9.17) is 16.3 Å². The van der Waals surface area contributed by atoms with E-state index in [1.807, 2.05) is 19.1 Å². The molecule has 3 nitrogen and oxygen atoms in total. The minimum absolute atomic E-state index is 0.483. The van der Waals surface area contributed by atoms with Crippen molar-refractivity contribution in [2.75, 3.05) is 0 Å². The van der Waals surface area contributed by atoms with Gasteiger partial charge in [0.1, 0.15) is 5.75 Å². The molecule has 1 unspecified atom stereocenters. The average Bonchev–Trinajstić information content (AvgIpc) is 2.37. The minimum atomic E-state index is -1.07. The Kier molecular flexibility index (Phi) is 4.07. The highest BCUT2D eigenvalue weighted by atomic mass is 35.5. The van der Waals surface area contributed by atoms with E-state index in [0.717, 1.165) is 5.56 Å². The Labute approximate surface area is 116 Å². The quantitative estimate of drug-likeness (QED) is 0.922. The number of hydrogen-bond acceptors (Lipinski definition) is 2. The van der Waals surface area contributed by atoms with Gasteiger partial charge in [-0.15, -0.1) is 0 Å². The van der Waals surface area contributed by atoms with E-state index in [1.165, 1.54) is 0 Å². The molecule has 2 aromatic carbocycles. The van der Waals surface area contributed by atoms with Gasteiger partial charge in [-0.3, -0.25) is 0 Å². The van der Waals surface area contributed by atoms with Crippen LogP contribution in [0.15, 0.2) is 48.5 Å². The van der Waals surface area contributed by atoms with Crippen molar-refractivity contribution in [1.29, 1.82) is 0 Å². The van der Waals surface area contributed by atoms with Crippen LogP contribution in [0.1, 0.15) is 17.2 Å². The van der Waals surface area contributed by atoms with Crippen molar-refractivity contribution in [3.8, 4) is 5.75 Å². The Morgan fingerprint density at radius 1 is 1.21 bits per heavy atom. The van der Waals surface area contributed by atoms with Crippen LogP contribution in [-0.4, -0.2) is 11.1 Å². The predicted octanol–water partition coefficient (Wildman–Crippen LogP) is 3.85. The lowest BCUT2D eigenvalue weighted by atomic mass is 10.1. The molecule has 0 aliphatic rings. The van der Waals surface area contributed by atoms with Crippen molar-refractivity contribution in [3.63, 3.8) is 0 Å². The summed E-state index contributed by atoms with van der Waals surface area (Å²) in [5.41, 5.74) is 1.60. The molecule has 0 saturated carbocycles. The van der Waals surface area contributed by atoms with Crippen molar-refractivity contribution in [1.82, 2.24) is 0 Å². The number of carbonyl (C=O) groups is 1. The maximum atomic E-state index is 11.3. The zero-order chi connectivity index (χ0) is 13.8. The van der Waals surface area contributed by atoms with Crippen molar-refractivity contribution < 1.29 is 14.6 Å². The van der Waals surface area contributed by atoms with E-state index < -0.39 is 12.1 Å². The second-order valence-electron chi connectivity index (χ2n) is 4.20. The van der Waals surface area contributed by atoms with Gasteiger partial charge >= 0.3 is 5.97 Å². The van der Waals surface area contributed by atoms with Crippen LogP contribution in [0.3, 0.4) is 0 Å². The van der Waals surface area contributed by atoms with Crippen molar-refractivity contribution in [2.24, 2.45) is 0 Å². The number of hydrogen-bond donors (Lipinski definition) is 1. The zero-order valence-electron chi connectivity index (χ0n) is 10.3. The SMILES string of the molecule is Cc1ccc(OC(C(=O)O)c2cccc(Cl)c2)cc1. The molecule has 19 heavy (non-hydrogen) atoms. The van der Waals surface area contributed by atoms with Gasteiger partial charge in [-0.05, 0) is 31.2 Å². The summed E-state index contributed by atoms with van der Waals surface area (Å²) in [7, 11) is 0. The summed E-state index contributed by atoms with van der Waals surface area (Å²) >= 11 is 5.87. The van der Waals surface area contributed by atoms with E-state index in [0.29, 0.717) is 16.3 Å². The maximum Gasteiger partial charge on any atom is 0.349 e. The van der Waals surface area contributed by atoms with Crippen molar-refractivity contribution >= 4 is 17.6 Å². The van der Waals surface area contributed by atoms with Crippen LogP contribution >= 0.6 is 11.6 Å². The normalized spacial score (nSPS) is 11.9. The topological polar surface area (TPSA) is 46.5 Å². The molecule has 0 saturated heterocycles. The number of benzene rings is 2. The van der Waals surface area contributed by atoms with Crippen LogP contribution in [0.2, 0.25) is 5.02 Å². The van der Waals surface area contributed by atoms with Crippen LogP contribution in [0.4, 0.5) is 0 Å². The highest BCUT2D eigenvalue weighted by molar-refractivity contribution is 6.30.